The minimum Gasteiger partial charge on any atom is -0.495 e. The molecule has 122 valence electrons. The van der Waals surface area contributed by atoms with Crippen LogP contribution in [-0.4, -0.2) is 51.0 Å². The average Bonchev–Trinajstić information content (AvgIpc) is 2.62. The van der Waals surface area contributed by atoms with Crippen molar-refractivity contribution < 1.29 is 13.2 Å². The van der Waals surface area contributed by atoms with Crippen molar-refractivity contribution in [2.24, 2.45) is 0 Å². The molecule has 23 heavy (non-hydrogen) atoms. The summed E-state index contributed by atoms with van der Waals surface area (Å²) in [5.41, 5.74) is 1.06. The van der Waals surface area contributed by atoms with E-state index in [0.717, 1.165) is 5.69 Å². The Hall–Kier alpha value is -2.12. The molecule has 1 saturated heterocycles. The fourth-order valence-corrected chi connectivity index (χ4v) is 4.29. The predicted octanol–water partition coefficient (Wildman–Crippen LogP) is 1.60. The van der Waals surface area contributed by atoms with Gasteiger partial charge in [-0.2, -0.15) is 4.31 Å². The number of methoxy groups -OCH3 is 1. The summed E-state index contributed by atoms with van der Waals surface area (Å²) in [4.78, 5) is 6.39. The molecule has 0 N–H and O–H groups in total. The highest BCUT2D eigenvalue weighted by atomic mass is 32.2. The van der Waals surface area contributed by atoms with Crippen LogP contribution in [0.2, 0.25) is 0 Å². The highest BCUT2D eigenvalue weighted by Gasteiger charge is 2.30. The number of pyridine rings is 1. The van der Waals surface area contributed by atoms with Gasteiger partial charge in [-0.25, -0.2) is 8.42 Å². The van der Waals surface area contributed by atoms with Crippen molar-refractivity contribution in [1.82, 2.24) is 9.29 Å². The summed E-state index contributed by atoms with van der Waals surface area (Å²) in [6, 6.07) is 10.6. The van der Waals surface area contributed by atoms with Gasteiger partial charge in [0.1, 0.15) is 10.6 Å². The smallest absolute Gasteiger partial charge is 0.246 e. The van der Waals surface area contributed by atoms with E-state index in [2.05, 4.69) is 9.88 Å². The molecular formula is C16H19N3O3S. The van der Waals surface area contributed by atoms with E-state index in [4.69, 9.17) is 4.74 Å². The second kappa shape index (κ2) is 6.55. The van der Waals surface area contributed by atoms with E-state index in [0.29, 0.717) is 31.9 Å². The van der Waals surface area contributed by atoms with Gasteiger partial charge in [0.25, 0.3) is 0 Å². The van der Waals surface area contributed by atoms with E-state index >= 15 is 0 Å². The van der Waals surface area contributed by atoms with Crippen molar-refractivity contribution in [2.75, 3.05) is 38.2 Å². The SMILES string of the molecule is COc1ccccc1S(=O)(=O)N1CCN(c2ccncc2)CC1. The van der Waals surface area contributed by atoms with Crippen LogP contribution in [0.4, 0.5) is 5.69 Å². The molecule has 1 fully saturated rings. The average molecular weight is 333 g/mol. The molecule has 0 amide bonds. The van der Waals surface area contributed by atoms with Crippen molar-refractivity contribution in [3.8, 4) is 5.75 Å². The summed E-state index contributed by atoms with van der Waals surface area (Å²) in [6.07, 6.45) is 3.49. The fraction of sp³-hybridized carbons (Fsp3) is 0.312. The summed E-state index contributed by atoms with van der Waals surface area (Å²) < 4.78 is 32.4. The van der Waals surface area contributed by atoms with Crippen molar-refractivity contribution in [1.29, 1.82) is 0 Å². The second-order valence-electron chi connectivity index (χ2n) is 5.25. The lowest BCUT2D eigenvalue weighted by molar-refractivity contribution is 0.374. The summed E-state index contributed by atoms with van der Waals surface area (Å²) in [5.74, 6) is 0.379. The van der Waals surface area contributed by atoms with Crippen molar-refractivity contribution in [3.63, 3.8) is 0 Å². The van der Waals surface area contributed by atoms with Crippen LogP contribution in [-0.2, 0) is 10.0 Å². The first-order chi connectivity index (χ1) is 11.1. The number of sulfonamides is 1. The van der Waals surface area contributed by atoms with Crippen LogP contribution in [0.3, 0.4) is 0 Å². The third-order valence-electron chi connectivity index (χ3n) is 3.95. The molecular weight excluding hydrogens is 314 g/mol. The Bertz CT molecular complexity index is 757. The van der Waals surface area contributed by atoms with Gasteiger partial charge in [-0.15, -0.1) is 0 Å². The molecule has 3 rings (SSSR count). The largest absolute Gasteiger partial charge is 0.495 e. The predicted molar refractivity (Wildman–Crippen MR) is 88.2 cm³/mol. The van der Waals surface area contributed by atoms with Gasteiger partial charge in [0.2, 0.25) is 10.0 Å². The van der Waals surface area contributed by atoms with E-state index in [-0.39, 0.29) is 4.90 Å². The van der Waals surface area contributed by atoms with Crippen LogP contribution in [0.15, 0.2) is 53.7 Å². The first kappa shape index (κ1) is 15.8. The number of aromatic nitrogens is 1. The number of benzene rings is 1. The topological polar surface area (TPSA) is 62.7 Å². The molecule has 2 heterocycles. The first-order valence-electron chi connectivity index (χ1n) is 7.41. The van der Waals surface area contributed by atoms with Gasteiger partial charge in [-0.3, -0.25) is 4.98 Å². The minimum absolute atomic E-state index is 0.222. The summed E-state index contributed by atoms with van der Waals surface area (Å²) >= 11 is 0. The summed E-state index contributed by atoms with van der Waals surface area (Å²) in [6.45, 7) is 2.20. The van der Waals surface area contributed by atoms with Gasteiger partial charge in [-0.1, -0.05) is 12.1 Å². The monoisotopic (exact) mass is 333 g/mol. The third kappa shape index (κ3) is 3.16. The quantitative estimate of drug-likeness (QED) is 0.850. The molecule has 7 heteroatoms. The maximum absolute atomic E-state index is 12.8. The van der Waals surface area contributed by atoms with Crippen molar-refractivity contribution in [3.05, 3.63) is 48.8 Å². The van der Waals surface area contributed by atoms with Crippen molar-refractivity contribution >= 4 is 15.7 Å². The number of hydrogen-bond donors (Lipinski definition) is 0. The van der Waals surface area contributed by atoms with E-state index in [1.54, 1.807) is 36.7 Å². The van der Waals surface area contributed by atoms with Gasteiger partial charge in [0, 0.05) is 44.3 Å². The molecule has 2 aromatic rings. The second-order valence-corrected chi connectivity index (χ2v) is 7.15. The summed E-state index contributed by atoms with van der Waals surface area (Å²) in [5, 5.41) is 0. The normalized spacial score (nSPS) is 16.3. The van der Waals surface area contributed by atoms with Crippen LogP contribution in [0.5, 0.6) is 5.75 Å². The fourth-order valence-electron chi connectivity index (χ4n) is 2.71. The lowest BCUT2D eigenvalue weighted by Gasteiger charge is -2.35. The molecule has 0 atom stereocenters. The van der Waals surface area contributed by atoms with Gasteiger partial charge < -0.3 is 9.64 Å². The van der Waals surface area contributed by atoms with Crippen molar-refractivity contribution in [2.45, 2.75) is 4.90 Å². The van der Waals surface area contributed by atoms with E-state index in [1.165, 1.54) is 11.4 Å². The number of rotatable bonds is 4. The van der Waals surface area contributed by atoms with E-state index in [9.17, 15) is 8.42 Å². The third-order valence-corrected chi connectivity index (χ3v) is 5.89. The standard InChI is InChI=1S/C16H19N3O3S/c1-22-15-4-2-3-5-16(15)23(20,21)19-12-10-18(11-13-19)14-6-8-17-9-7-14/h2-9H,10-13H2,1H3. The molecule has 1 aromatic heterocycles. The molecule has 1 aromatic carbocycles. The number of nitrogens with zero attached hydrogens (tertiary/aromatic N) is 3. The van der Waals surface area contributed by atoms with Crippen LogP contribution in [0.25, 0.3) is 0 Å². The number of hydrogen-bond acceptors (Lipinski definition) is 5. The van der Waals surface area contributed by atoms with E-state index in [1.807, 2.05) is 12.1 Å². The maximum Gasteiger partial charge on any atom is 0.246 e. The van der Waals surface area contributed by atoms with Gasteiger partial charge in [0.15, 0.2) is 0 Å². The number of anilines is 1. The Morgan fingerprint density at radius 3 is 2.30 bits per heavy atom. The zero-order valence-corrected chi connectivity index (χ0v) is 13.7. The summed E-state index contributed by atoms with van der Waals surface area (Å²) in [7, 11) is -2.06. The number of para-hydroxylation sites is 1. The lowest BCUT2D eigenvalue weighted by atomic mass is 10.3. The Morgan fingerprint density at radius 1 is 1.00 bits per heavy atom. The molecule has 1 aliphatic rings. The molecule has 1 aliphatic heterocycles. The highest BCUT2D eigenvalue weighted by Crippen LogP contribution is 2.27. The maximum atomic E-state index is 12.8. The van der Waals surface area contributed by atoms with E-state index < -0.39 is 10.0 Å². The van der Waals surface area contributed by atoms with Crippen LogP contribution in [0.1, 0.15) is 0 Å². The molecule has 0 bridgehead atoms. The lowest BCUT2D eigenvalue weighted by Crippen LogP contribution is -2.48. The molecule has 0 saturated carbocycles. The zero-order valence-electron chi connectivity index (χ0n) is 12.9. The van der Waals surface area contributed by atoms with Gasteiger partial charge in [0.05, 0.1) is 7.11 Å². The zero-order chi connectivity index (χ0) is 16.3. The molecule has 6 nitrogen and oxygen atoms in total. The molecule has 0 aliphatic carbocycles. The Labute approximate surface area is 136 Å². The molecule has 0 radical (unpaired) electrons. The minimum atomic E-state index is -3.54. The Kier molecular flexibility index (Phi) is 4.49. The Balaban J connectivity index is 1.76. The van der Waals surface area contributed by atoms with Crippen LogP contribution in [0, 0.1) is 0 Å². The number of ether oxygens (including phenoxy) is 1. The number of piperazine rings is 1. The van der Waals surface area contributed by atoms with Gasteiger partial charge in [-0.05, 0) is 24.3 Å². The molecule has 0 unspecified atom stereocenters. The first-order valence-corrected chi connectivity index (χ1v) is 8.85. The van der Waals surface area contributed by atoms with Crippen LogP contribution >= 0.6 is 0 Å². The Morgan fingerprint density at radius 2 is 1.65 bits per heavy atom. The van der Waals surface area contributed by atoms with Gasteiger partial charge >= 0.3 is 0 Å². The molecule has 0 spiro atoms. The highest BCUT2D eigenvalue weighted by molar-refractivity contribution is 7.89. The van der Waals surface area contributed by atoms with Crippen LogP contribution < -0.4 is 9.64 Å².